The molecule has 5 heteroatoms. The molecule has 1 aromatic carbocycles. The summed E-state index contributed by atoms with van der Waals surface area (Å²) < 4.78 is 0. The molecule has 4 fully saturated rings. The summed E-state index contributed by atoms with van der Waals surface area (Å²) in [6.07, 6.45) is 7.52. The van der Waals surface area contributed by atoms with Gasteiger partial charge in [-0.2, -0.15) is 0 Å². The monoisotopic (exact) mass is 327 g/mol. The van der Waals surface area contributed by atoms with E-state index in [9.17, 15) is 9.59 Å². The van der Waals surface area contributed by atoms with E-state index >= 15 is 0 Å². The second kappa shape index (κ2) is 5.80. The Bertz CT molecular complexity index is 618. The van der Waals surface area contributed by atoms with Gasteiger partial charge >= 0.3 is 6.03 Å². The number of rotatable bonds is 3. The van der Waals surface area contributed by atoms with Crippen molar-refractivity contribution in [2.75, 3.05) is 12.4 Å². The van der Waals surface area contributed by atoms with Gasteiger partial charge in [-0.05, 0) is 80.5 Å². The van der Waals surface area contributed by atoms with Crippen molar-refractivity contribution < 1.29 is 9.59 Å². The highest BCUT2D eigenvalue weighted by Crippen LogP contribution is 2.55. The molecule has 1 aromatic rings. The predicted octanol–water partition coefficient (Wildman–Crippen LogP) is 3.14. The Hall–Kier alpha value is -2.04. The van der Waals surface area contributed by atoms with E-state index in [-0.39, 0.29) is 17.5 Å². The van der Waals surface area contributed by atoms with E-state index in [2.05, 4.69) is 16.0 Å². The minimum absolute atomic E-state index is 0.0148. The molecule has 3 N–H and O–H groups in total. The molecule has 4 aliphatic carbocycles. The number of urea groups is 1. The first kappa shape index (κ1) is 15.5. The first-order valence-corrected chi connectivity index (χ1v) is 8.96. The van der Waals surface area contributed by atoms with Crippen molar-refractivity contribution in [2.24, 2.45) is 17.8 Å². The van der Waals surface area contributed by atoms with Crippen LogP contribution >= 0.6 is 0 Å². The molecule has 0 aliphatic heterocycles. The van der Waals surface area contributed by atoms with Crippen LogP contribution in [-0.2, 0) is 0 Å². The van der Waals surface area contributed by atoms with E-state index in [0.29, 0.717) is 11.3 Å². The maximum absolute atomic E-state index is 12.5. The second-order valence-corrected chi connectivity index (χ2v) is 7.93. The molecule has 0 unspecified atom stereocenters. The van der Waals surface area contributed by atoms with Gasteiger partial charge in [0.2, 0.25) is 0 Å². The van der Waals surface area contributed by atoms with E-state index in [1.165, 1.54) is 19.3 Å². The van der Waals surface area contributed by atoms with Gasteiger partial charge in [0.25, 0.3) is 5.91 Å². The SMILES string of the molecule is CNC(=O)c1ccc(NC(=O)NC23CC4CC(CC(C4)C2)C3)cc1. The van der Waals surface area contributed by atoms with Gasteiger partial charge in [0.1, 0.15) is 0 Å². The molecule has 0 aromatic heterocycles. The highest BCUT2D eigenvalue weighted by molar-refractivity contribution is 5.95. The third-order valence-corrected chi connectivity index (χ3v) is 6.05. The van der Waals surface area contributed by atoms with E-state index in [1.807, 2.05) is 0 Å². The maximum Gasteiger partial charge on any atom is 0.319 e. The summed E-state index contributed by atoms with van der Waals surface area (Å²) in [7, 11) is 1.60. The molecule has 5 rings (SSSR count). The number of amides is 3. The first-order valence-electron chi connectivity index (χ1n) is 8.96. The number of carbonyl (C=O) groups excluding carboxylic acids is 2. The quantitative estimate of drug-likeness (QED) is 0.798. The van der Waals surface area contributed by atoms with Crippen LogP contribution in [0.5, 0.6) is 0 Å². The van der Waals surface area contributed by atoms with Crippen molar-refractivity contribution in [3.8, 4) is 0 Å². The van der Waals surface area contributed by atoms with Crippen LogP contribution in [-0.4, -0.2) is 24.5 Å². The number of hydrogen-bond donors (Lipinski definition) is 3. The lowest BCUT2D eigenvalue weighted by molar-refractivity contribution is -0.0127. The summed E-state index contributed by atoms with van der Waals surface area (Å²) in [4.78, 5) is 24.0. The van der Waals surface area contributed by atoms with E-state index in [0.717, 1.165) is 37.0 Å². The third-order valence-electron chi connectivity index (χ3n) is 6.05. The summed E-state index contributed by atoms with van der Waals surface area (Å²) in [5.41, 5.74) is 1.32. The van der Waals surface area contributed by atoms with E-state index in [4.69, 9.17) is 0 Å². The van der Waals surface area contributed by atoms with Gasteiger partial charge in [0.05, 0.1) is 0 Å². The second-order valence-electron chi connectivity index (χ2n) is 7.93. The molecular formula is C19H25N3O2. The number of hydrogen-bond acceptors (Lipinski definition) is 2. The van der Waals surface area contributed by atoms with Gasteiger partial charge in [-0.3, -0.25) is 4.79 Å². The fourth-order valence-corrected chi connectivity index (χ4v) is 5.52. The highest BCUT2D eigenvalue weighted by Gasteiger charge is 2.51. The third kappa shape index (κ3) is 2.87. The van der Waals surface area contributed by atoms with E-state index in [1.54, 1.807) is 31.3 Å². The lowest BCUT2D eigenvalue weighted by atomic mass is 9.53. The minimum Gasteiger partial charge on any atom is -0.355 e. The van der Waals surface area contributed by atoms with Crippen LogP contribution in [0.2, 0.25) is 0 Å². The standard InChI is InChI=1S/C19H25N3O2/c1-20-17(23)15-2-4-16(5-3-15)21-18(24)22-19-9-12-6-13(10-19)8-14(7-12)11-19/h2-5,12-14H,6-11H2,1H3,(H,20,23)(H2,21,22,24). The molecule has 5 nitrogen and oxygen atoms in total. The van der Waals surface area contributed by atoms with Crippen molar-refractivity contribution in [2.45, 2.75) is 44.1 Å². The van der Waals surface area contributed by atoms with Crippen LogP contribution < -0.4 is 16.0 Å². The Kier molecular flexibility index (Phi) is 3.74. The van der Waals surface area contributed by atoms with Crippen LogP contribution in [0.4, 0.5) is 10.5 Å². The minimum atomic E-state index is -0.125. The van der Waals surface area contributed by atoms with Crippen LogP contribution in [0.15, 0.2) is 24.3 Å². The van der Waals surface area contributed by atoms with Gasteiger partial charge in [0, 0.05) is 23.8 Å². The van der Waals surface area contributed by atoms with Crippen LogP contribution in [0, 0.1) is 17.8 Å². The highest BCUT2D eigenvalue weighted by atomic mass is 16.2. The molecule has 4 saturated carbocycles. The topological polar surface area (TPSA) is 70.2 Å². The van der Waals surface area contributed by atoms with E-state index < -0.39 is 0 Å². The number of carbonyl (C=O) groups is 2. The lowest BCUT2D eigenvalue weighted by Crippen LogP contribution is -2.60. The van der Waals surface area contributed by atoms with Gasteiger partial charge < -0.3 is 16.0 Å². The first-order chi connectivity index (χ1) is 11.5. The summed E-state index contributed by atoms with van der Waals surface area (Å²) >= 11 is 0. The maximum atomic E-state index is 12.5. The molecule has 128 valence electrons. The fraction of sp³-hybridized carbons (Fsp3) is 0.579. The summed E-state index contributed by atoms with van der Waals surface area (Å²) in [6.45, 7) is 0. The van der Waals surface area contributed by atoms with Crippen molar-refractivity contribution in [1.29, 1.82) is 0 Å². The largest absolute Gasteiger partial charge is 0.355 e. The zero-order valence-electron chi connectivity index (χ0n) is 14.1. The molecule has 24 heavy (non-hydrogen) atoms. The molecule has 3 amide bonds. The van der Waals surface area contributed by atoms with Crippen LogP contribution in [0.3, 0.4) is 0 Å². The van der Waals surface area contributed by atoms with Gasteiger partial charge in [-0.25, -0.2) is 4.79 Å². The van der Waals surface area contributed by atoms with Gasteiger partial charge in [-0.1, -0.05) is 0 Å². The molecule has 0 radical (unpaired) electrons. The normalized spacial score (nSPS) is 33.1. The Morgan fingerprint density at radius 1 is 0.958 bits per heavy atom. The average molecular weight is 327 g/mol. The zero-order chi connectivity index (χ0) is 16.7. The van der Waals surface area contributed by atoms with Crippen molar-refractivity contribution in [3.63, 3.8) is 0 Å². The summed E-state index contributed by atoms with van der Waals surface area (Å²) in [5.74, 6) is 2.30. The molecule has 0 spiro atoms. The molecule has 0 saturated heterocycles. The van der Waals surface area contributed by atoms with Crippen molar-refractivity contribution in [1.82, 2.24) is 10.6 Å². The Labute approximate surface area is 142 Å². The molecule has 0 heterocycles. The van der Waals surface area contributed by atoms with Crippen LogP contribution in [0.1, 0.15) is 48.9 Å². The molecule has 4 bridgehead atoms. The molecule has 4 aliphatic rings. The summed E-state index contributed by atoms with van der Waals surface area (Å²) in [5, 5.41) is 8.80. The van der Waals surface area contributed by atoms with Crippen molar-refractivity contribution >= 4 is 17.6 Å². The Morgan fingerprint density at radius 3 is 2.00 bits per heavy atom. The Balaban J connectivity index is 1.39. The average Bonchev–Trinajstić information content (AvgIpc) is 2.53. The van der Waals surface area contributed by atoms with Gasteiger partial charge in [0.15, 0.2) is 0 Å². The van der Waals surface area contributed by atoms with Crippen molar-refractivity contribution in [3.05, 3.63) is 29.8 Å². The zero-order valence-corrected chi connectivity index (χ0v) is 14.1. The number of anilines is 1. The number of benzene rings is 1. The van der Waals surface area contributed by atoms with Gasteiger partial charge in [-0.15, -0.1) is 0 Å². The fourth-order valence-electron chi connectivity index (χ4n) is 5.52. The van der Waals surface area contributed by atoms with Crippen LogP contribution in [0.25, 0.3) is 0 Å². The summed E-state index contributed by atoms with van der Waals surface area (Å²) in [6, 6.07) is 6.86. The lowest BCUT2D eigenvalue weighted by Gasteiger charge is -2.56. The number of nitrogens with one attached hydrogen (secondary N) is 3. The predicted molar refractivity (Wildman–Crippen MR) is 92.9 cm³/mol. The molecular weight excluding hydrogens is 302 g/mol. The smallest absolute Gasteiger partial charge is 0.319 e. The Morgan fingerprint density at radius 2 is 1.50 bits per heavy atom. The molecule has 0 atom stereocenters.